The summed E-state index contributed by atoms with van der Waals surface area (Å²) < 4.78 is 0. The minimum atomic E-state index is 0.431. The molecule has 2 heteroatoms. The van der Waals surface area contributed by atoms with Crippen molar-refractivity contribution < 1.29 is 4.79 Å². The molecule has 0 aromatic heterocycles. The molecule has 0 radical (unpaired) electrons. The van der Waals surface area contributed by atoms with Gasteiger partial charge in [-0.1, -0.05) is 19.8 Å². The number of rotatable bonds is 0. The summed E-state index contributed by atoms with van der Waals surface area (Å²) in [4.78, 5) is 11.6. The van der Waals surface area contributed by atoms with Crippen LogP contribution in [0.25, 0.3) is 0 Å². The molecule has 2 rings (SSSR count). The first-order chi connectivity index (χ1) is 5.77. The zero-order chi connectivity index (χ0) is 8.55. The maximum atomic E-state index is 11.6. The van der Waals surface area contributed by atoms with Crippen LogP contribution in [0.15, 0.2) is 0 Å². The Kier molecular flexibility index (Phi) is 2.44. The van der Waals surface area contributed by atoms with Crippen LogP contribution in [0.4, 0.5) is 0 Å². The lowest BCUT2D eigenvalue weighted by molar-refractivity contribution is -0.123. The summed E-state index contributed by atoms with van der Waals surface area (Å²) in [6.07, 6.45) is 5.90. The highest BCUT2D eigenvalue weighted by atomic mass is 32.2. The van der Waals surface area contributed by atoms with Gasteiger partial charge in [-0.2, -0.15) is 11.8 Å². The summed E-state index contributed by atoms with van der Waals surface area (Å²) in [6, 6.07) is 0. The van der Waals surface area contributed by atoms with Gasteiger partial charge in [-0.25, -0.2) is 0 Å². The molecule has 0 bridgehead atoms. The van der Waals surface area contributed by atoms with E-state index < -0.39 is 0 Å². The lowest BCUT2D eigenvalue weighted by atomic mass is 9.84. The summed E-state index contributed by atoms with van der Waals surface area (Å²) in [5.41, 5.74) is 0. The molecular weight excluding hydrogens is 168 g/mol. The van der Waals surface area contributed by atoms with Gasteiger partial charge in [-0.15, -0.1) is 0 Å². The normalized spacial score (nSPS) is 42.4. The predicted molar refractivity (Wildman–Crippen MR) is 52.4 cm³/mol. The summed E-state index contributed by atoms with van der Waals surface area (Å²) in [6.45, 7) is 2.19. The van der Waals surface area contributed by atoms with Crippen molar-refractivity contribution in [3.63, 3.8) is 0 Å². The van der Waals surface area contributed by atoms with Gasteiger partial charge in [0.1, 0.15) is 5.78 Å². The van der Waals surface area contributed by atoms with E-state index >= 15 is 0 Å². The molecular formula is C10H16OS. The van der Waals surface area contributed by atoms with Crippen molar-refractivity contribution in [2.45, 2.75) is 49.5 Å². The van der Waals surface area contributed by atoms with Crippen molar-refractivity contribution in [1.29, 1.82) is 0 Å². The van der Waals surface area contributed by atoms with Crippen LogP contribution in [-0.4, -0.2) is 16.3 Å². The van der Waals surface area contributed by atoms with E-state index in [0.717, 1.165) is 6.42 Å². The van der Waals surface area contributed by atoms with Crippen LogP contribution in [0.2, 0.25) is 0 Å². The topological polar surface area (TPSA) is 17.1 Å². The molecule has 0 amide bonds. The van der Waals surface area contributed by atoms with Gasteiger partial charge in [-0.05, 0) is 12.8 Å². The number of hydrogen-bond acceptors (Lipinski definition) is 2. The van der Waals surface area contributed by atoms with Crippen LogP contribution in [0.3, 0.4) is 0 Å². The molecule has 1 aliphatic heterocycles. The monoisotopic (exact) mass is 184 g/mol. The van der Waals surface area contributed by atoms with Gasteiger partial charge in [-0.3, -0.25) is 4.79 Å². The number of carbonyl (C=O) groups is 1. The highest BCUT2D eigenvalue weighted by Crippen LogP contribution is 2.41. The Morgan fingerprint density at radius 3 is 2.92 bits per heavy atom. The van der Waals surface area contributed by atoms with Gasteiger partial charge >= 0.3 is 0 Å². The maximum Gasteiger partial charge on any atom is 0.138 e. The molecule has 3 atom stereocenters. The Morgan fingerprint density at radius 2 is 2.08 bits per heavy atom. The fraction of sp³-hybridized carbons (Fsp3) is 0.900. The lowest BCUT2D eigenvalue weighted by Crippen LogP contribution is -2.36. The standard InChI is InChI=1S/C10H16OS/c1-7-6-9(11)8-4-2-3-5-10(8)12-7/h7-8,10H,2-6H2,1H3/t7-,8-,10-/m0/s1. The van der Waals surface area contributed by atoms with E-state index in [4.69, 9.17) is 0 Å². The third kappa shape index (κ3) is 1.54. The number of hydrogen-bond donors (Lipinski definition) is 0. The van der Waals surface area contributed by atoms with Gasteiger partial charge in [0.15, 0.2) is 0 Å². The Hall–Kier alpha value is 0.0200. The van der Waals surface area contributed by atoms with Crippen LogP contribution >= 0.6 is 11.8 Å². The molecule has 0 spiro atoms. The van der Waals surface area contributed by atoms with Crippen LogP contribution in [-0.2, 0) is 4.79 Å². The van der Waals surface area contributed by atoms with Crippen LogP contribution in [0, 0.1) is 5.92 Å². The highest BCUT2D eigenvalue weighted by molar-refractivity contribution is 8.00. The first kappa shape index (κ1) is 8.61. The lowest BCUT2D eigenvalue weighted by Gasteiger charge is -2.36. The SMILES string of the molecule is C[C@H]1CC(=O)[C@@H]2CCCC[C@@H]2S1. The van der Waals surface area contributed by atoms with Gasteiger partial charge in [0, 0.05) is 22.8 Å². The Balaban J connectivity index is 2.06. The molecule has 2 fully saturated rings. The van der Waals surface area contributed by atoms with Crippen molar-refractivity contribution in [2.24, 2.45) is 5.92 Å². The number of thioether (sulfide) groups is 1. The zero-order valence-electron chi connectivity index (χ0n) is 7.58. The molecule has 12 heavy (non-hydrogen) atoms. The summed E-state index contributed by atoms with van der Waals surface area (Å²) in [5, 5.41) is 1.26. The van der Waals surface area contributed by atoms with Crippen molar-refractivity contribution >= 4 is 17.5 Å². The molecule has 1 aliphatic carbocycles. The summed E-state index contributed by atoms with van der Waals surface area (Å²) in [7, 11) is 0. The maximum absolute atomic E-state index is 11.6. The molecule has 1 nitrogen and oxygen atoms in total. The van der Waals surface area contributed by atoms with E-state index in [9.17, 15) is 4.79 Å². The molecule has 0 aromatic rings. The first-order valence-electron chi connectivity index (χ1n) is 4.95. The molecule has 1 saturated heterocycles. The third-order valence-electron chi connectivity index (χ3n) is 3.01. The number of ketones is 1. The van der Waals surface area contributed by atoms with Crippen molar-refractivity contribution in [1.82, 2.24) is 0 Å². The van der Waals surface area contributed by atoms with Crippen molar-refractivity contribution in [2.75, 3.05) is 0 Å². The highest BCUT2D eigenvalue weighted by Gasteiger charge is 2.36. The second kappa shape index (κ2) is 3.41. The summed E-state index contributed by atoms with van der Waals surface area (Å²) in [5.74, 6) is 0.978. The van der Waals surface area contributed by atoms with E-state index in [2.05, 4.69) is 18.7 Å². The average Bonchev–Trinajstić information content (AvgIpc) is 2.04. The number of fused-ring (bicyclic) bond motifs is 1. The molecule has 0 N–H and O–H groups in total. The minimum Gasteiger partial charge on any atom is -0.299 e. The second-order valence-electron chi connectivity index (χ2n) is 4.05. The minimum absolute atomic E-state index is 0.431. The van der Waals surface area contributed by atoms with Gasteiger partial charge in [0.2, 0.25) is 0 Å². The van der Waals surface area contributed by atoms with Crippen LogP contribution < -0.4 is 0 Å². The van der Waals surface area contributed by atoms with Gasteiger partial charge in [0.25, 0.3) is 0 Å². The van der Waals surface area contributed by atoms with E-state index in [1.165, 1.54) is 25.7 Å². The van der Waals surface area contributed by atoms with E-state index in [-0.39, 0.29) is 0 Å². The Morgan fingerprint density at radius 1 is 1.33 bits per heavy atom. The molecule has 1 heterocycles. The molecule has 68 valence electrons. The summed E-state index contributed by atoms with van der Waals surface area (Å²) >= 11 is 2.05. The average molecular weight is 184 g/mol. The number of carbonyl (C=O) groups excluding carboxylic acids is 1. The fourth-order valence-corrected chi connectivity index (χ4v) is 4.05. The molecule has 0 unspecified atom stereocenters. The number of Topliss-reactive ketones (excluding diaryl/α,β-unsaturated/α-hetero) is 1. The van der Waals surface area contributed by atoms with Crippen molar-refractivity contribution in [3.05, 3.63) is 0 Å². The van der Waals surface area contributed by atoms with Crippen LogP contribution in [0.1, 0.15) is 39.0 Å². The molecule has 1 saturated carbocycles. The van der Waals surface area contributed by atoms with Crippen LogP contribution in [0.5, 0.6) is 0 Å². The van der Waals surface area contributed by atoms with Gasteiger partial charge in [0.05, 0.1) is 0 Å². The van der Waals surface area contributed by atoms with E-state index in [0.29, 0.717) is 22.2 Å². The first-order valence-corrected chi connectivity index (χ1v) is 5.90. The van der Waals surface area contributed by atoms with E-state index in [1.54, 1.807) is 0 Å². The fourth-order valence-electron chi connectivity index (χ4n) is 2.41. The third-order valence-corrected chi connectivity index (χ3v) is 4.56. The predicted octanol–water partition coefficient (Wildman–Crippen LogP) is 2.64. The smallest absolute Gasteiger partial charge is 0.138 e. The quantitative estimate of drug-likeness (QED) is 0.575. The molecule has 0 aromatic carbocycles. The zero-order valence-corrected chi connectivity index (χ0v) is 8.40. The van der Waals surface area contributed by atoms with Crippen molar-refractivity contribution in [3.8, 4) is 0 Å². The Labute approximate surface area is 78.3 Å². The van der Waals surface area contributed by atoms with E-state index in [1.807, 2.05) is 0 Å². The van der Waals surface area contributed by atoms with Gasteiger partial charge < -0.3 is 0 Å². The largest absolute Gasteiger partial charge is 0.299 e. The second-order valence-corrected chi connectivity index (χ2v) is 5.73. The Bertz CT molecular complexity index is 190. The molecule has 2 aliphatic rings.